The largest absolute Gasteiger partial charge is 0.339 e. The van der Waals surface area contributed by atoms with E-state index >= 15 is 0 Å². The quantitative estimate of drug-likeness (QED) is 0.424. The van der Waals surface area contributed by atoms with E-state index in [2.05, 4.69) is 25.5 Å². The number of pyridine rings is 1. The van der Waals surface area contributed by atoms with Crippen LogP contribution in [0.4, 0.5) is 11.5 Å². The first kappa shape index (κ1) is 17.1. The smallest absolute Gasteiger partial charge is 0.162 e. The second kappa shape index (κ2) is 6.77. The first-order valence-electron chi connectivity index (χ1n) is 8.23. The molecule has 134 valence electrons. The molecule has 1 N–H and O–H groups in total. The van der Waals surface area contributed by atoms with E-state index in [9.17, 15) is 4.79 Å². The summed E-state index contributed by atoms with van der Waals surface area (Å²) >= 11 is 6.15. The Bertz CT molecular complexity index is 1150. The predicted molar refractivity (Wildman–Crippen MR) is 104 cm³/mol. The third kappa shape index (κ3) is 3.37. The molecule has 0 radical (unpaired) electrons. The van der Waals surface area contributed by atoms with Crippen molar-refractivity contribution in [3.05, 3.63) is 65.2 Å². The summed E-state index contributed by atoms with van der Waals surface area (Å²) in [5.41, 5.74) is 3.74. The average molecular weight is 379 g/mol. The Morgan fingerprint density at radius 1 is 1.11 bits per heavy atom. The first-order valence-corrected chi connectivity index (χ1v) is 8.61. The number of carbonyl (C=O) groups is 1. The molecule has 0 bridgehead atoms. The number of aryl methyl sites for hydroxylation is 1. The van der Waals surface area contributed by atoms with E-state index < -0.39 is 0 Å². The molecular formula is C19H15ClN6O. The normalized spacial score (nSPS) is 10.9. The lowest BCUT2D eigenvalue weighted by Gasteiger charge is -2.08. The van der Waals surface area contributed by atoms with Crippen LogP contribution in [-0.2, 0) is 0 Å². The molecule has 0 aliphatic heterocycles. The van der Waals surface area contributed by atoms with Gasteiger partial charge in [-0.15, -0.1) is 5.10 Å². The zero-order chi connectivity index (χ0) is 19.0. The third-order valence-corrected chi connectivity index (χ3v) is 4.37. The Hall–Kier alpha value is -3.32. The average Bonchev–Trinajstić information content (AvgIpc) is 3.06. The topological polar surface area (TPSA) is 85.6 Å². The van der Waals surface area contributed by atoms with Gasteiger partial charge in [0.1, 0.15) is 17.3 Å². The van der Waals surface area contributed by atoms with E-state index in [4.69, 9.17) is 11.6 Å². The highest BCUT2D eigenvalue weighted by Gasteiger charge is 2.12. The molecule has 0 saturated carbocycles. The van der Waals surface area contributed by atoms with Crippen molar-refractivity contribution in [2.45, 2.75) is 13.8 Å². The third-order valence-electron chi connectivity index (χ3n) is 4.08. The molecule has 4 rings (SSSR count). The summed E-state index contributed by atoms with van der Waals surface area (Å²) in [6, 6.07) is 12.9. The number of fused-ring (bicyclic) bond motifs is 1. The van der Waals surface area contributed by atoms with Crippen LogP contribution in [-0.4, -0.2) is 30.5 Å². The summed E-state index contributed by atoms with van der Waals surface area (Å²) in [4.78, 5) is 20.3. The van der Waals surface area contributed by atoms with Gasteiger partial charge in [-0.05, 0) is 56.3 Å². The SMILES string of the molecule is CC(=O)c1ccc(-n2cnc3ccc(Nc4ccc(C)nn4)cc32)nc1Cl. The van der Waals surface area contributed by atoms with Gasteiger partial charge in [0.05, 0.1) is 22.3 Å². The number of benzene rings is 1. The van der Waals surface area contributed by atoms with Gasteiger partial charge in [-0.3, -0.25) is 9.36 Å². The molecular weight excluding hydrogens is 364 g/mol. The Labute approximate surface area is 160 Å². The fourth-order valence-corrected chi connectivity index (χ4v) is 2.99. The Kier molecular flexibility index (Phi) is 4.29. The molecule has 27 heavy (non-hydrogen) atoms. The maximum absolute atomic E-state index is 11.6. The first-order chi connectivity index (χ1) is 13.0. The molecule has 8 heteroatoms. The van der Waals surface area contributed by atoms with Gasteiger partial charge in [-0.2, -0.15) is 5.10 Å². The summed E-state index contributed by atoms with van der Waals surface area (Å²) in [7, 11) is 0. The standard InChI is InChI=1S/C19H15ClN6O/c1-11-3-7-17(25-24-11)22-13-4-6-15-16(9-13)26(10-21-15)18-8-5-14(12(2)27)19(20)23-18/h3-10H,1-2H3,(H,22,25). The molecule has 0 saturated heterocycles. The van der Waals surface area contributed by atoms with E-state index in [0.717, 1.165) is 22.4 Å². The number of ketones is 1. The number of hydrogen-bond donors (Lipinski definition) is 1. The van der Waals surface area contributed by atoms with Gasteiger partial charge in [0.2, 0.25) is 0 Å². The molecule has 1 aromatic carbocycles. The lowest BCUT2D eigenvalue weighted by molar-refractivity contribution is 0.101. The second-order valence-electron chi connectivity index (χ2n) is 6.07. The fourth-order valence-electron chi connectivity index (χ4n) is 2.70. The number of nitrogens with one attached hydrogen (secondary N) is 1. The number of rotatable bonds is 4. The van der Waals surface area contributed by atoms with Crippen LogP contribution >= 0.6 is 11.6 Å². The maximum Gasteiger partial charge on any atom is 0.162 e. The zero-order valence-corrected chi connectivity index (χ0v) is 15.4. The van der Waals surface area contributed by atoms with Gasteiger partial charge >= 0.3 is 0 Å². The summed E-state index contributed by atoms with van der Waals surface area (Å²) in [5.74, 6) is 1.11. The van der Waals surface area contributed by atoms with Gasteiger partial charge in [0, 0.05) is 5.69 Å². The summed E-state index contributed by atoms with van der Waals surface area (Å²) in [6.45, 7) is 3.35. The van der Waals surface area contributed by atoms with Gasteiger partial charge < -0.3 is 5.32 Å². The summed E-state index contributed by atoms with van der Waals surface area (Å²) < 4.78 is 1.82. The minimum absolute atomic E-state index is 0.125. The highest BCUT2D eigenvalue weighted by molar-refractivity contribution is 6.32. The van der Waals surface area contributed by atoms with Crippen molar-refractivity contribution in [2.75, 3.05) is 5.32 Å². The number of nitrogens with zero attached hydrogens (tertiary/aromatic N) is 5. The number of anilines is 2. The van der Waals surface area contributed by atoms with Crippen LogP contribution < -0.4 is 5.32 Å². The number of hydrogen-bond acceptors (Lipinski definition) is 6. The molecule has 3 aromatic heterocycles. The zero-order valence-electron chi connectivity index (χ0n) is 14.6. The molecule has 4 aromatic rings. The summed E-state index contributed by atoms with van der Waals surface area (Å²) in [6.07, 6.45) is 1.67. The van der Waals surface area contributed by atoms with Crippen molar-refractivity contribution >= 4 is 39.9 Å². The molecule has 0 fully saturated rings. The van der Waals surface area contributed by atoms with E-state index in [1.807, 2.05) is 41.8 Å². The van der Waals surface area contributed by atoms with Gasteiger partial charge in [-0.1, -0.05) is 11.6 Å². The van der Waals surface area contributed by atoms with Crippen molar-refractivity contribution in [1.29, 1.82) is 0 Å². The Morgan fingerprint density at radius 2 is 1.96 bits per heavy atom. The maximum atomic E-state index is 11.6. The number of Topliss-reactive ketones (excluding diaryl/α,β-unsaturated/α-hetero) is 1. The van der Waals surface area contributed by atoms with Crippen LogP contribution in [0.5, 0.6) is 0 Å². The van der Waals surface area contributed by atoms with E-state index in [-0.39, 0.29) is 10.9 Å². The van der Waals surface area contributed by atoms with Gasteiger partial charge in [0.25, 0.3) is 0 Å². The molecule has 0 aliphatic carbocycles. The number of imidazole rings is 1. The summed E-state index contributed by atoms with van der Waals surface area (Å²) in [5, 5.41) is 11.6. The van der Waals surface area contributed by atoms with E-state index in [1.165, 1.54) is 6.92 Å². The molecule has 0 unspecified atom stereocenters. The molecule has 3 heterocycles. The van der Waals surface area contributed by atoms with E-state index in [1.54, 1.807) is 18.5 Å². The van der Waals surface area contributed by atoms with Crippen molar-refractivity contribution < 1.29 is 4.79 Å². The number of carbonyl (C=O) groups excluding carboxylic acids is 1. The van der Waals surface area contributed by atoms with Crippen LogP contribution in [0.1, 0.15) is 23.0 Å². The van der Waals surface area contributed by atoms with Gasteiger partial charge in [-0.25, -0.2) is 9.97 Å². The van der Waals surface area contributed by atoms with Crippen LogP contribution in [0.15, 0.2) is 48.8 Å². The minimum Gasteiger partial charge on any atom is -0.339 e. The highest BCUT2D eigenvalue weighted by Crippen LogP contribution is 2.24. The molecule has 0 spiro atoms. The lowest BCUT2D eigenvalue weighted by Crippen LogP contribution is -2.01. The Morgan fingerprint density at radius 3 is 2.67 bits per heavy atom. The predicted octanol–water partition coefficient (Wildman–Crippen LogP) is 4.12. The molecule has 0 atom stereocenters. The highest BCUT2D eigenvalue weighted by atomic mass is 35.5. The van der Waals surface area contributed by atoms with Crippen LogP contribution in [0.25, 0.3) is 16.9 Å². The molecule has 0 amide bonds. The van der Waals surface area contributed by atoms with Crippen LogP contribution in [0.2, 0.25) is 5.15 Å². The fraction of sp³-hybridized carbons (Fsp3) is 0.105. The van der Waals surface area contributed by atoms with Crippen molar-refractivity contribution in [2.24, 2.45) is 0 Å². The van der Waals surface area contributed by atoms with Crippen molar-refractivity contribution in [1.82, 2.24) is 24.7 Å². The van der Waals surface area contributed by atoms with Crippen LogP contribution in [0, 0.1) is 6.92 Å². The Balaban J connectivity index is 1.73. The molecule has 0 aliphatic rings. The second-order valence-corrected chi connectivity index (χ2v) is 6.43. The monoisotopic (exact) mass is 378 g/mol. The number of halogens is 1. The van der Waals surface area contributed by atoms with E-state index in [0.29, 0.717) is 17.2 Å². The lowest BCUT2D eigenvalue weighted by atomic mass is 10.2. The number of aromatic nitrogens is 5. The van der Waals surface area contributed by atoms with Crippen molar-refractivity contribution in [3.63, 3.8) is 0 Å². The van der Waals surface area contributed by atoms with Crippen molar-refractivity contribution in [3.8, 4) is 5.82 Å². The van der Waals surface area contributed by atoms with Crippen LogP contribution in [0.3, 0.4) is 0 Å². The molecule has 7 nitrogen and oxygen atoms in total. The van der Waals surface area contributed by atoms with Gasteiger partial charge in [0.15, 0.2) is 11.6 Å². The minimum atomic E-state index is -0.125.